The summed E-state index contributed by atoms with van der Waals surface area (Å²) in [5.74, 6) is 0. The lowest BCUT2D eigenvalue weighted by atomic mass is 10.0. The molecule has 1 aliphatic heterocycles. The summed E-state index contributed by atoms with van der Waals surface area (Å²) in [6.07, 6.45) is 4.63. The third-order valence-electron chi connectivity index (χ3n) is 4.45. The van der Waals surface area contributed by atoms with Crippen molar-refractivity contribution in [2.75, 3.05) is 13.2 Å². The van der Waals surface area contributed by atoms with Gasteiger partial charge in [0.2, 0.25) is 0 Å². The van der Waals surface area contributed by atoms with Gasteiger partial charge in [-0.25, -0.2) is 0 Å². The number of hydrogen-bond acceptors (Lipinski definition) is 2. The normalized spacial score (nSPS) is 19.8. The van der Waals surface area contributed by atoms with Gasteiger partial charge >= 0.3 is 0 Å². The molecular formula is C18H23NO. The van der Waals surface area contributed by atoms with Gasteiger partial charge in [-0.2, -0.15) is 0 Å². The van der Waals surface area contributed by atoms with Crippen LogP contribution in [0.3, 0.4) is 0 Å². The largest absolute Gasteiger partial charge is 0.396 e. The van der Waals surface area contributed by atoms with Crippen molar-refractivity contribution < 1.29 is 5.11 Å². The summed E-state index contributed by atoms with van der Waals surface area (Å²) in [7, 11) is 0. The lowest BCUT2D eigenvalue weighted by molar-refractivity contribution is 0.210. The Balaban J connectivity index is 1.78. The van der Waals surface area contributed by atoms with Gasteiger partial charge in [-0.1, -0.05) is 42.5 Å². The quantitative estimate of drug-likeness (QED) is 0.897. The third-order valence-corrected chi connectivity index (χ3v) is 4.45. The Kier molecular flexibility index (Phi) is 4.34. The summed E-state index contributed by atoms with van der Waals surface area (Å²) in [6, 6.07) is 15.9. The van der Waals surface area contributed by atoms with Crippen LogP contribution in [0.5, 0.6) is 0 Å². The zero-order chi connectivity index (χ0) is 13.8. The van der Waals surface area contributed by atoms with E-state index >= 15 is 0 Å². The molecule has 0 amide bonds. The highest BCUT2D eigenvalue weighted by molar-refractivity contribution is 5.85. The Bertz CT molecular complexity index is 561. The molecule has 1 saturated heterocycles. The molecule has 106 valence electrons. The van der Waals surface area contributed by atoms with Gasteiger partial charge in [-0.15, -0.1) is 0 Å². The number of nitrogens with zero attached hydrogens (tertiary/aromatic N) is 1. The monoisotopic (exact) mass is 269 g/mol. The molecule has 1 atom stereocenters. The average molecular weight is 269 g/mol. The van der Waals surface area contributed by atoms with Crippen LogP contribution in [0.2, 0.25) is 0 Å². The van der Waals surface area contributed by atoms with Crippen LogP contribution in [-0.4, -0.2) is 29.2 Å². The maximum atomic E-state index is 9.03. The van der Waals surface area contributed by atoms with Crippen LogP contribution in [-0.2, 0) is 6.54 Å². The van der Waals surface area contributed by atoms with Gasteiger partial charge in [-0.3, -0.25) is 4.90 Å². The predicted molar refractivity (Wildman–Crippen MR) is 83.7 cm³/mol. The Morgan fingerprint density at radius 2 is 1.95 bits per heavy atom. The molecule has 0 spiro atoms. The lowest BCUT2D eigenvalue weighted by Gasteiger charge is -2.25. The zero-order valence-corrected chi connectivity index (χ0v) is 12.0. The van der Waals surface area contributed by atoms with E-state index in [1.165, 1.54) is 35.7 Å². The number of aliphatic hydroxyl groups excluding tert-OH is 1. The molecule has 0 aromatic heterocycles. The first-order chi connectivity index (χ1) is 9.88. The second-order valence-electron chi connectivity index (χ2n) is 5.77. The molecule has 3 rings (SSSR count). The van der Waals surface area contributed by atoms with Crippen molar-refractivity contribution in [3.8, 4) is 0 Å². The summed E-state index contributed by atoms with van der Waals surface area (Å²) in [5, 5.41) is 11.7. The molecule has 0 saturated carbocycles. The van der Waals surface area contributed by atoms with Crippen molar-refractivity contribution in [2.24, 2.45) is 0 Å². The van der Waals surface area contributed by atoms with Crippen molar-refractivity contribution >= 4 is 10.8 Å². The van der Waals surface area contributed by atoms with Gasteiger partial charge in [0.25, 0.3) is 0 Å². The molecule has 2 nitrogen and oxygen atoms in total. The third kappa shape index (κ3) is 2.87. The number of fused-ring (bicyclic) bond motifs is 1. The van der Waals surface area contributed by atoms with Gasteiger partial charge in [0.15, 0.2) is 0 Å². The van der Waals surface area contributed by atoms with E-state index in [0.29, 0.717) is 12.6 Å². The molecule has 0 aliphatic carbocycles. The van der Waals surface area contributed by atoms with Gasteiger partial charge in [0.1, 0.15) is 0 Å². The van der Waals surface area contributed by atoms with Crippen LogP contribution in [0.25, 0.3) is 10.8 Å². The van der Waals surface area contributed by atoms with Gasteiger partial charge < -0.3 is 5.11 Å². The molecule has 2 aromatic rings. The van der Waals surface area contributed by atoms with E-state index in [4.69, 9.17) is 5.11 Å². The van der Waals surface area contributed by atoms with E-state index in [1.54, 1.807) is 0 Å². The van der Waals surface area contributed by atoms with Crippen LogP contribution in [0.15, 0.2) is 42.5 Å². The Morgan fingerprint density at radius 1 is 1.10 bits per heavy atom. The molecule has 2 aromatic carbocycles. The first-order valence-electron chi connectivity index (χ1n) is 7.70. The average Bonchev–Trinajstić information content (AvgIpc) is 2.93. The number of benzene rings is 2. The molecule has 2 heteroatoms. The minimum absolute atomic E-state index is 0.318. The highest BCUT2D eigenvalue weighted by atomic mass is 16.2. The second kappa shape index (κ2) is 6.38. The molecule has 1 aliphatic rings. The van der Waals surface area contributed by atoms with Crippen molar-refractivity contribution in [3.05, 3.63) is 48.0 Å². The van der Waals surface area contributed by atoms with Gasteiger partial charge in [0, 0.05) is 19.2 Å². The van der Waals surface area contributed by atoms with E-state index in [1.807, 2.05) is 0 Å². The van der Waals surface area contributed by atoms with Gasteiger partial charge in [0.05, 0.1) is 0 Å². The smallest absolute Gasteiger partial charge is 0.0431 e. The fourth-order valence-corrected chi connectivity index (χ4v) is 3.41. The van der Waals surface area contributed by atoms with E-state index in [0.717, 1.165) is 19.4 Å². The number of likely N-dealkylation sites (tertiary alicyclic amines) is 1. The molecule has 0 unspecified atom stereocenters. The Labute approximate surface area is 121 Å². The Morgan fingerprint density at radius 3 is 2.85 bits per heavy atom. The van der Waals surface area contributed by atoms with E-state index < -0.39 is 0 Å². The summed E-state index contributed by atoms with van der Waals surface area (Å²) < 4.78 is 0. The van der Waals surface area contributed by atoms with Crippen LogP contribution < -0.4 is 0 Å². The summed E-state index contributed by atoms with van der Waals surface area (Å²) in [6.45, 7) is 2.55. The second-order valence-corrected chi connectivity index (χ2v) is 5.77. The van der Waals surface area contributed by atoms with E-state index in [9.17, 15) is 0 Å². The van der Waals surface area contributed by atoms with Crippen LogP contribution in [0.1, 0.15) is 31.2 Å². The molecular weight excluding hydrogens is 246 g/mol. The first kappa shape index (κ1) is 13.6. The summed E-state index contributed by atoms with van der Waals surface area (Å²) in [4.78, 5) is 2.59. The predicted octanol–water partition coefficient (Wildman–Crippen LogP) is 3.58. The summed E-state index contributed by atoms with van der Waals surface area (Å²) >= 11 is 0. The maximum Gasteiger partial charge on any atom is 0.0431 e. The molecule has 20 heavy (non-hydrogen) atoms. The molecule has 1 heterocycles. The van der Waals surface area contributed by atoms with Crippen LogP contribution >= 0.6 is 0 Å². The van der Waals surface area contributed by atoms with E-state index in [-0.39, 0.29) is 0 Å². The first-order valence-corrected chi connectivity index (χ1v) is 7.70. The Hall–Kier alpha value is -1.38. The minimum Gasteiger partial charge on any atom is -0.396 e. The fraction of sp³-hybridized carbons (Fsp3) is 0.444. The highest BCUT2D eigenvalue weighted by Crippen LogP contribution is 2.26. The minimum atomic E-state index is 0.318. The van der Waals surface area contributed by atoms with Crippen LogP contribution in [0.4, 0.5) is 0 Å². The van der Waals surface area contributed by atoms with Crippen molar-refractivity contribution in [3.63, 3.8) is 0 Å². The number of aliphatic hydroxyl groups is 1. The van der Waals surface area contributed by atoms with E-state index in [2.05, 4.69) is 47.4 Å². The van der Waals surface area contributed by atoms with Crippen LogP contribution in [0, 0.1) is 0 Å². The number of hydrogen-bond donors (Lipinski definition) is 1. The maximum absolute atomic E-state index is 9.03. The summed E-state index contributed by atoms with van der Waals surface area (Å²) in [5.41, 5.74) is 1.43. The molecule has 0 bridgehead atoms. The topological polar surface area (TPSA) is 23.5 Å². The standard InChI is InChI=1S/C18H23NO/c20-13-5-10-17-9-4-12-19(17)14-16-8-3-7-15-6-1-2-11-18(15)16/h1-3,6-8,11,17,20H,4-5,9-10,12-14H2/t17-/m1/s1. The SMILES string of the molecule is OCCC[C@H]1CCCN1Cc1cccc2ccccc12. The highest BCUT2D eigenvalue weighted by Gasteiger charge is 2.24. The van der Waals surface area contributed by atoms with Crippen molar-refractivity contribution in [1.29, 1.82) is 0 Å². The molecule has 1 N–H and O–H groups in total. The molecule has 0 radical (unpaired) electrons. The van der Waals surface area contributed by atoms with Crippen molar-refractivity contribution in [1.82, 2.24) is 4.90 Å². The zero-order valence-electron chi connectivity index (χ0n) is 12.0. The fourth-order valence-electron chi connectivity index (χ4n) is 3.41. The molecule has 1 fully saturated rings. The van der Waals surface area contributed by atoms with Gasteiger partial charge in [-0.05, 0) is 48.6 Å². The number of rotatable bonds is 5. The lowest BCUT2D eigenvalue weighted by Crippen LogP contribution is -2.29. The van der Waals surface area contributed by atoms with Crippen molar-refractivity contribution in [2.45, 2.75) is 38.3 Å².